The first-order valence-corrected chi connectivity index (χ1v) is 11.8. The first-order valence-electron chi connectivity index (χ1n) is 11.8. The van der Waals surface area contributed by atoms with Crippen LogP contribution >= 0.6 is 0 Å². The number of aryl methyl sites for hydroxylation is 1. The van der Waals surface area contributed by atoms with Crippen LogP contribution in [0.25, 0.3) is 0 Å². The second-order valence-corrected chi connectivity index (χ2v) is 8.83. The number of carbonyl (C=O) groups is 5. The Kier molecular flexibility index (Phi) is 8.93. The molecule has 0 saturated carbocycles. The number of nitrogens with zero attached hydrogens (tertiary/aromatic N) is 5. The topological polar surface area (TPSA) is 170 Å². The molecule has 3 rings (SSSR count). The van der Waals surface area contributed by atoms with Gasteiger partial charge in [-0.25, -0.2) is 4.68 Å². The summed E-state index contributed by atoms with van der Waals surface area (Å²) in [6.07, 6.45) is -0.451. The predicted octanol–water partition coefficient (Wildman–Crippen LogP) is -0.421. The van der Waals surface area contributed by atoms with E-state index in [1.807, 2.05) is 30.3 Å². The van der Waals surface area contributed by atoms with Gasteiger partial charge in [-0.3, -0.25) is 24.0 Å². The third kappa shape index (κ3) is 7.12. The van der Waals surface area contributed by atoms with E-state index in [4.69, 9.17) is 10.5 Å². The van der Waals surface area contributed by atoms with Crippen LogP contribution in [0.1, 0.15) is 48.4 Å². The molecule has 1 aliphatic rings. The predicted molar refractivity (Wildman–Crippen MR) is 130 cm³/mol. The number of amides is 4. The van der Waals surface area contributed by atoms with Crippen molar-refractivity contribution in [1.82, 2.24) is 30.1 Å². The van der Waals surface area contributed by atoms with Crippen molar-refractivity contribution in [3.05, 3.63) is 47.3 Å². The van der Waals surface area contributed by atoms with Crippen molar-refractivity contribution < 1.29 is 28.7 Å². The van der Waals surface area contributed by atoms with Crippen LogP contribution in [0.4, 0.5) is 0 Å². The quantitative estimate of drug-likeness (QED) is 0.426. The average Bonchev–Trinajstić information content (AvgIpc) is 3.09. The van der Waals surface area contributed by atoms with E-state index in [2.05, 4.69) is 15.6 Å². The number of aromatic nitrogens is 3. The number of primary amides is 1. The molecular formula is C24H31N7O6. The molecule has 2 aromatic rings. The molecule has 13 heteroatoms. The number of nitrogens with two attached hydrogens (primary N) is 1. The van der Waals surface area contributed by atoms with E-state index < -0.39 is 36.5 Å². The summed E-state index contributed by atoms with van der Waals surface area (Å²) < 4.78 is 6.48. The molecule has 3 N–H and O–H groups in total. The average molecular weight is 514 g/mol. The van der Waals surface area contributed by atoms with E-state index in [1.54, 1.807) is 6.92 Å². The number of esters is 1. The fourth-order valence-electron chi connectivity index (χ4n) is 4.06. The zero-order valence-electron chi connectivity index (χ0n) is 21.0. The Morgan fingerprint density at radius 1 is 1.19 bits per heavy atom. The van der Waals surface area contributed by atoms with Gasteiger partial charge < -0.3 is 25.6 Å². The summed E-state index contributed by atoms with van der Waals surface area (Å²) in [6.45, 7) is 4.36. The van der Waals surface area contributed by atoms with E-state index in [-0.39, 0.29) is 24.9 Å². The molecule has 2 heterocycles. The largest absolute Gasteiger partial charge is 0.460 e. The summed E-state index contributed by atoms with van der Waals surface area (Å²) in [7, 11) is 0. The molecule has 198 valence electrons. The summed E-state index contributed by atoms with van der Waals surface area (Å²) in [4.78, 5) is 64.7. The second kappa shape index (κ2) is 12.1. The third-order valence-electron chi connectivity index (χ3n) is 5.86. The molecule has 1 saturated heterocycles. The van der Waals surface area contributed by atoms with Gasteiger partial charge in [0.25, 0.3) is 5.91 Å². The number of benzene rings is 1. The van der Waals surface area contributed by atoms with Crippen molar-refractivity contribution >= 4 is 29.6 Å². The number of rotatable bonds is 9. The van der Waals surface area contributed by atoms with Crippen LogP contribution in [0.15, 0.2) is 30.3 Å². The minimum absolute atomic E-state index is 0.137. The Balaban J connectivity index is 1.73. The molecule has 1 aromatic carbocycles. The van der Waals surface area contributed by atoms with Crippen molar-refractivity contribution in [3.63, 3.8) is 0 Å². The maximum absolute atomic E-state index is 13.5. The van der Waals surface area contributed by atoms with E-state index >= 15 is 0 Å². The lowest BCUT2D eigenvalue weighted by Crippen LogP contribution is -2.55. The first kappa shape index (κ1) is 27.3. The van der Waals surface area contributed by atoms with E-state index in [1.165, 1.54) is 28.3 Å². The SMILES string of the molecule is CC(=O)OC(C)C(NC(=O)CN1CN(C(=O)c2c(C)nnn2Cc2ccccc2)CCCC1=O)C(N)=O. The summed E-state index contributed by atoms with van der Waals surface area (Å²) in [5, 5.41) is 10.6. The van der Waals surface area contributed by atoms with Crippen LogP contribution in [0, 0.1) is 6.92 Å². The standard InChI is InChI=1S/C24H31N7O6/c1-15-22(31(28-27-15)12-18-8-5-4-6-9-18)24(36)29-11-7-10-20(34)30(14-29)13-19(33)26-21(23(25)35)16(2)37-17(3)32/h4-6,8-9,16,21H,7,10-14H2,1-3H3,(H2,25,35)(H,26,33). The second-order valence-electron chi connectivity index (χ2n) is 8.83. The molecule has 0 radical (unpaired) electrons. The Labute approximate surface area is 213 Å². The van der Waals surface area contributed by atoms with Gasteiger partial charge in [0.05, 0.1) is 18.9 Å². The van der Waals surface area contributed by atoms with E-state index in [0.29, 0.717) is 30.9 Å². The third-order valence-corrected chi connectivity index (χ3v) is 5.86. The van der Waals surface area contributed by atoms with Gasteiger partial charge in [-0.15, -0.1) is 5.10 Å². The van der Waals surface area contributed by atoms with E-state index in [0.717, 1.165) is 5.56 Å². The number of hydrogen-bond acceptors (Lipinski definition) is 8. The molecule has 4 amide bonds. The zero-order valence-corrected chi connectivity index (χ0v) is 21.0. The molecule has 37 heavy (non-hydrogen) atoms. The van der Waals surface area contributed by atoms with Gasteiger partial charge in [-0.2, -0.15) is 0 Å². The number of hydrogen-bond donors (Lipinski definition) is 2. The maximum Gasteiger partial charge on any atom is 0.302 e. The van der Waals surface area contributed by atoms with Gasteiger partial charge in [-0.05, 0) is 25.8 Å². The Morgan fingerprint density at radius 3 is 2.54 bits per heavy atom. The van der Waals surface area contributed by atoms with Crippen LogP contribution < -0.4 is 11.1 Å². The maximum atomic E-state index is 13.5. The smallest absolute Gasteiger partial charge is 0.302 e. The highest BCUT2D eigenvalue weighted by Gasteiger charge is 2.32. The van der Waals surface area contributed by atoms with Crippen molar-refractivity contribution in [1.29, 1.82) is 0 Å². The van der Waals surface area contributed by atoms with Gasteiger partial charge in [-0.1, -0.05) is 35.5 Å². The molecule has 2 unspecified atom stereocenters. The molecule has 13 nitrogen and oxygen atoms in total. The van der Waals surface area contributed by atoms with Crippen LogP contribution in [0.3, 0.4) is 0 Å². The highest BCUT2D eigenvalue weighted by atomic mass is 16.5. The summed E-state index contributed by atoms with van der Waals surface area (Å²) in [5.41, 5.74) is 7.04. The van der Waals surface area contributed by atoms with Crippen molar-refractivity contribution in [3.8, 4) is 0 Å². The Hall–Kier alpha value is -4.29. The molecule has 0 spiro atoms. The fraction of sp³-hybridized carbons (Fsp3) is 0.458. The highest BCUT2D eigenvalue weighted by molar-refractivity contribution is 5.94. The minimum atomic E-state index is -1.28. The lowest BCUT2D eigenvalue weighted by molar-refractivity contribution is -0.149. The molecule has 1 aromatic heterocycles. The molecular weight excluding hydrogens is 482 g/mol. The number of carbonyl (C=O) groups excluding carboxylic acids is 5. The monoisotopic (exact) mass is 513 g/mol. The van der Waals surface area contributed by atoms with Crippen molar-refractivity contribution in [2.75, 3.05) is 19.8 Å². The highest BCUT2D eigenvalue weighted by Crippen LogP contribution is 2.16. The number of nitrogens with one attached hydrogen (secondary N) is 1. The Bertz CT molecular complexity index is 1170. The first-order chi connectivity index (χ1) is 17.6. The van der Waals surface area contributed by atoms with Crippen LogP contribution in [-0.4, -0.2) is 86.3 Å². The minimum Gasteiger partial charge on any atom is -0.460 e. The zero-order chi connectivity index (χ0) is 27.1. The van der Waals surface area contributed by atoms with Crippen LogP contribution in [0.2, 0.25) is 0 Å². The molecule has 1 fully saturated rings. The van der Waals surface area contributed by atoms with Gasteiger partial charge in [0.2, 0.25) is 17.7 Å². The Morgan fingerprint density at radius 2 is 1.89 bits per heavy atom. The van der Waals surface area contributed by atoms with E-state index in [9.17, 15) is 24.0 Å². The normalized spacial score (nSPS) is 15.5. The van der Waals surface area contributed by atoms with Crippen LogP contribution in [0.5, 0.6) is 0 Å². The van der Waals surface area contributed by atoms with Gasteiger partial charge >= 0.3 is 5.97 Å². The molecule has 0 bridgehead atoms. The fourth-order valence-corrected chi connectivity index (χ4v) is 4.06. The van der Waals surface area contributed by atoms with Gasteiger partial charge in [0.1, 0.15) is 24.4 Å². The molecule has 0 aliphatic carbocycles. The summed E-state index contributed by atoms with van der Waals surface area (Å²) in [6, 6.07) is 8.22. The summed E-state index contributed by atoms with van der Waals surface area (Å²) >= 11 is 0. The number of ether oxygens (including phenoxy) is 1. The van der Waals surface area contributed by atoms with Gasteiger partial charge in [0.15, 0.2) is 0 Å². The van der Waals surface area contributed by atoms with Gasteiger partial charge in [0, 0.05) is 19.9 Å². The van der Waals surface area contributed by atoms with Crippen molar-refractivity contribution in [2.45, 2.75) is 52.3 Å². The molecule has 2 atom stereocenters. The van der Waals surface area contributed by atoms with Crippen LogP contribution in [-0.2, 0) is 30.5 Å². The summed E-state index contributed by atoms with van der Waals surface area (Å²) in [5.74, 6) is -2.90. The molecule has 1 aliphatic heterocycles. The lowest BCUT2D eigenvalue weighted by Gasteiger charge is -2.28. The van der Waals surface area contributed by atoms with Crippen molar-refractivity contribution in [2.24, 2.45) is 5.73 Å². The lowest BCUT2D eigenvalue weighted by atomic mass is 10.1.